The van der Waals surface area contributed by atoms with Crippen LogP contribution in [0.25, 0.3) is 0 Å². The van der Waals surface area contributed by atoms with Gasteiger partial charge in [0.15, 0.2) is 0 Å². The highest BCUT2D eigenvalue weighted by Crippen LogP contribution is 2.24. The van der Waals surface area contributed by atoms with Crippen LogP contribution in [0.3, 0.4) is 0 Å². The lowest BCUT2D eigenvalue weighted by atomic mass is 9.99. The van der Waals surface area contributed by atoms with Crippen molar-refractivity contribution in [3.63, 3.8) is 0 Å². The van der Waals surface area contributed by atoms with Gasteiger partial charge in [-0.3, -0.25) is 0 Å². The first-order chi connectivity index (χ1) is 11.1. The van der Waals surface area contributed by atoms with E-state index in [9.17, 15) is 15.3 Å². The second kappa shape index (κ2) is 8.84. The molecule has 5 unspecified atom stereocenters. The Kier molecular flexibility index (Phi) is 7.09. The van der Waals surface area contributed by atoms with Crippen LogP contribution in [0.4, 0.5) is 0 Å². The smallest absolute Gasteiger partial charge is 0.229 e. The summed E-state index contributed by atoms with van der Waals surface area (Å²) in [5.41, 5.74) is 0.972. The Hall–Kier alpha value is -0.870. The van der Waals surface area contributed by atoms with Crippen molar-refractivity contribution in [3.8, 4) is 5.75 Å². The van der Waals surface area contributed by atoms with Gasteiger partial charge in [-0.1, -0.05) is 12.1 Å². The minimum Gasteiger partial charge on any atom is -0.462 e. The molecule has 1 heterocycles. The lowest BCUT2D eigenvalue weighted by Gasteiger charge is -2.39. The largest absolute Gasteiger partial charge is 0.462 e. The molecular formula is C15H22O7S. The summed E-state index contributed by atoms with van der Waals surface area (Å²) >= 11 is 1.59. The monoisotopic (exact) mass is 346 g/mol. The zero-order valence-electron chi connectivity index (χ0n) is 12.7. The minimum absolute atomic E-state index is 0.433. The molecule has 0 amide bonds. The molecule has 0 aromatic heterocycles. The van der Waals surface area contributed by atoms with Crippen LogP contribution < -0.4 is 4.74 Å². The zero-order valence-corrected chi connectivity index (χ0v) is 13.6. The van der Waals surface area contributed by atoms with Crippen molar-refractivity contribution in [2.45, 2.75) is 37.3 Å². The van der Waals surface area contributed by atoms with Gasteiger partial charge in [0, 0.05) is 0 Å². The van der Waals surface area contributed by atoms with E-state index in [-0.39, 0.29) is 0 Å². The molecule has 7 nitrogen and oxygen atoms in total. The Balaban J connectivity index is 1.95. The lowest BCUT2D eigenvalue weighted by molar-refractivity contribution is -0.277. The number of aliphatic hydroxyl groups is 4. The predicted molar refractivity (Wildman–Crippen MR) is 84.0 cm³/mol. The van der Waals surface area contributed by atoms with Gasteiger partial charge in [0.05, 0.1) is 19.2 Å². The Morgan fingerprint density at radius 1 is 1.09 bits per heavy atom. The quantitative estimate of drug-likeness (QED) is 0.394. The van der Waals surface area contributed by atoms with Crippen molar-refractivity contribution in [1.29, 1.82) is 0 Å². The molecule has 1 aliphatic rings. The summed E-state index contributed by atoms with van der Waals surface area (Å²) < 4.78 is 16.2. The Morgan fingerprint density at radius 3 is 2.39 bits per heavy atom. The first-order valence-electron chi connectivity index (χ1n) is 7.19. The zero-order chi connectivity index (χ0) is 16.8. The second-order valence-corrected chi connectivity index (χ2v) is 6.03. The number of aliphatic hydroxyl groups excluding tert-OH is 4. The van der Waals surface area contributed by atoms with E-state index in [0.717, 1.165) is 5.56 Å². The van der Waals surface area contributed by atoms with Gasteiger partial charge in [0.2, 0.25) is 6.29 Å². The third-order valence-electron chi connectivity index (χ3n) is 3.49. The standard InChI is InChI=1S/C15H22O7S/c1-23-8-20-7-9-2-4-10(5-3-9)21-15-14(19)13(18)12(17)11(6-16)22-15/h2-5,11-19H,6-8H2,1H3. The highest BCUT2D eigenvalue weighted by molar-refractivity contribution is 7.98. The summed E-state index contributed by atoms with van der Waals surface area (Å²) in [6, 6.07) is 7.03. The van der Waals surface area contributed by atoms with E-state index in [0.29, 0.717) is 18.3 Å². The van der Waals surface area contributed by atoms with Crippen molar-refractivity contribution in [2.75, 3.05) is 18.8 Å². The lowest BCUT2D eigenvalue weighted by Crippen LogP contribution is -2.60. The summed E-state index contributed by atoms with van der Waals surface area (Å²) in [7, 11) is 0. The van der Waals surface area contributed by atoms with E-state index in [2.05, 4.69) is 0 Å². The first kappa shape index (κ1) is 18.5. The molecule has 1 aromatic rings. The number of benzene rings is 1. The summed E-state index contributed by atoms with van der Waals surface area (Å²) in [4.78, 5) is 0. The molecule has 1 saturated heterocycles. The highest BCUT2D eigenvalue weighted by atomic mass is 32.2. The number of hydrogen-bond acceptors (Lipinski definition) is 8. The van der Waals surface area contributed by atoms with Gasteiger partial charge in [-0.2, -0.15) is 0 Å². The summed E-state index contributed by atoms with van der Waals surface area (Å²) in [5.74, 6) is 1.05. The van der Waals surface area contributed by atoms with E-state index in [1.54, 1.807) is 23.9 Å². The topological polar surface area (TPSA) is 109 Å². The van der Waals surface area contributed by atoms with Gasteiger partial charge in [0.1, 0.15) is 30.2 Å². The molecule has 0 aliphatic carbocycles. The molecule has 4 N–H and O–H groups in total. The van der Waals surface area contributed by atoms with Crippen molar-refractivity contribution < 1.29 is 34.6 Å². The molecule has 0 bridgehead atoms. The molecule has 0 saturated carbocycles. The van der Waals surface area contributed by atoms with Gasteiger partial charge in [-0.25, -0.2) is 0 Å². The van der Waals surface area contributed by atoms with Gasteiger partial charge in [-0.05, 0) is 24.0 Å². The number of rotatable bonds is 7. The first-order valence-corrected chi connectivity index (χ1v) is 8.59. The molecule has 0 radical (unpaired) electrons. The third-order valence-corrected chi connectivity index (χ3v) is 3.90. The van der Waals surface area contributed by atoms with Crippen molar-refractivity contribution in [1.82, 2.24) is 0 Å². The highest BCUT2D eigenvalue weighted by Gasteiger charge is 2.44. The van der Waals surface area contributed by atoms with Gasteiger partial charge < -0.3 is 34.6 Å². The average Bonchev–Trinajstić information content (AvgIpc) is 2.57. The van der Waals surface area contributed by atoms with Crippen LogP contribution in [0.1, 0.15) is 5.56 Å². The van der Waals surface area contributed by atoms with Crippen LogP contribution in [-0.2, 0) is 16.1 Å². The SMILES string of the molecule is CSCOCc1ccc(OC2OC(CO)C(O)C(O)C2O)cc1. The average molecular weight is 346 g/mol. The molecule has 8 heteroatoms. The van der Waals surface area contributed by atoms with E-state index < -0.39 is 37.3 Å². The second-order valence-electron chi connectivity index (χ2n) is 5.21. The summed E-state index contributed by atoms with van der Waals surface area (Å²) in [6.07, 6.45) is -4.48. The number of ether oxygens (including phenoxy) is 3. The van der Waals surface area contributed by atoms with Crippen LogP contribution >= 0.6 is 11.8 Å². The maximum absolute atomic E-state index is 9.92. The normalized spacial score (nSPS) is 31.1. The fourth-order valence-electron chi connectivity index (χ4n) is 2.21. The predicted octanol–water partition coefficient (Wildman–Crippen LogP) is -0.298. The van der Waals surface area contributed by atoms with Crippen LogP contribution in [-0.4, -0.2) is 69.9 Å². The van der Waals surface area contributed by atoms with Gasteiger partial charge >= 0.3 is 0 Å². The van der Waals surface area contributed by atoms with Crippen LogP contribution in [0.2, 0.25) is 0 Å². The van der Waals surface area contributed by atoms with Crippen molar-refractivity contribution in [3.05, 3.63) is 29.8 Å². The number of thioether (sulfide) groups is 1. The summed E-state index contributed by atoms with van der Waals surface area (Å²) in [6.45, 7) is -0.00229. The minimum atomic E-state index is -1.45. The molecule has 1 fully saturated rings. The number of hydrogen-bond donors (Lipinski definition) is 4. The molecule has 5 atom stereocenters. The van der Waals surface area contributed by atoms with E-state index >= 15 is 0 Å². The molecule has 1 aliphatic heterocycles. The Labute approximate surface area is 138 Å². The maximum atomic E-state index is 9.92. The molecule has 130 valence electrons. The van der Waals surface area contributed by atoms with Crippen LogP contribution in [0.15, 0.2) is 24.3 Å². The molecule has 0 spiro atoms. The van der Waals surface area contributed by atoms with E-state index in [1.165, 1.54) is 0 Å². The molecule has 23 heavy (non-hydrogen) atoms. The van der Waals surface area contributed by atoms with Gasteiger partial charge in [0.25, 0.3) is 0 Å². The van der Waals surface area contributed by atoms with Crippen LogP contribution in [0.5, 0.6) is 5.75 Å². The fourth-order valence-corrected chi connectivity index (χ4v) is 2.46. The van der Waals surface area contributed by atoms with Crippen molar-refractivity contribution in [2.24, 2.45) is 0 Å². The Bertz CT molecular complexity index is 467. The maximum Gasteiger partial charge on any atom is 0.229 e. The van der Waals surface area contributed by atoms with E-state index in [1.807, 2.05) is 18.4 Å². The summed E-state index contributed by atoms with van der Waals surface area (Å²) in [5, 5.41) is 38.5. The van der Waals surface area contributed by atoms with E-state index in [4.69, 9.17) is 19.3 Å². The van der Waals surface area contributed by atoms with Crippen LogP contribution in [0, 0.1) is 0 Å². The Morgan fingerprint density at radius 2 is 1.78 bits per heavy atom. The molecule has 1 aromatic carbocycles. The third kappa shape index (κ3) is 4.80. The fraction of sp³-hybridized carbons (Fsp3) is 0.600. The molecule has 2 rings (SSSR count). The van der Waals surface area contributed by atoms with Gasteiger partial charge in [-0.15, -0.1) is 11.8 Å². The van der Waals surface area contributed by atoms with Crippen molar-refractivity contribution >= 4 is 11.8 Å². The molecular weight excluding hydrogens is 324 g/mol.